The first-order valence-corrected chi connectivity index (χ1v) is 10.9. The fourth-order valence-electron chi connectivity index (χ4n) is 3.27. The molecule has 30 heavy (non-hydrogen) atoms. The summed E-state index contributed by atoms with van der Waals surface area (Å²) in [6, 6.07) is 11.6. The monoisotopic (exact) mass is 433 g/mol. The number of carbonyl (C=O) groups is 1. The van der Waals surface area contributed by atoms with Gasteiger partial charge in [0.1, 0.15) is 0 Å². The maximum Gasteiger partial charge on any atom is 0.269 e. The molecule has 1 fully saturated rings. The van der Waals surface area contributed by atoms with Crippen LogP contribution in [0.25, 0.3) is 0 Å². The van der Waals surface area contributed by atoms with Crippen molar-refractivity contribution in [2.24, 2.45) is 0 Å². The summed E-state index contributed by atoms with van der Waals surface area (Å²) in [7, 11) is -3.63. The first-order chi connectivity index (χ1) is 14.2. The van der Waals surface area contributed by atoms with Crippen LogP contribution in [0.4, 0.5) is 11.4 Å². The average Bonchev–Trinajstić information content (AvgIpc) is 2.71. The highest BCUT2D eigenvalue weighted by atomic mass is 32.2. The van der Waals surface area contributed by atoms with E-state index in [-0.39, 0.29) is 35.1 Å². The van der Waals surface area contributed by atoms with Gasteiger partial charge in [-0.2, -0.15) is 4.31 Å². The number of rotatable bonds is 7. The van der Waals surface area contributed by atoms with Crippen molar-refractivity contribution < 1.29 is 22.9 Å². The summed E-state index contributed by atoms with van der Waals surface area (Å²) < 4.78 is 32.7. The number of morpholine rings is 1. The zero-order chi connectivity index (χ0) is 21.9. The van der Waals surface area contributed by atoms with Crippen LogP contribution in [0.15, 0.2) is 53.4 Å². The van der Waals surface area contributed by atoms with Gasteiger partial charge in [0.05, 0.1) is 28.6 Å². The van der Waals surface area contributed by atoms with Gasteiger partial charge in [0.2, 0.25) is 10.0 Å². The Morgan fingerprint density at radius 1 is 1.10 bits per heavy atom. The van der Waals surface area contributed by atoms with E-state index in [9.17, 15) is 23.3 Å². The van der Waals surface area contributed by atoms with Crippen molar-refractivity contribution in [2.45, 2.75) is 31.0 Å². The van der Waals surface area contributed by atoms with E-state index in [0.717, 1.165) is 0 Å². The van der Waals surface area contributed by atoms with Gasteiger partial charge in [0, 0.05) is 36.5 Å². The Labute approximate surface area is 174 Å². The number of hydrogen-bond donors (Lipinski definition) is 1. The fraction of sp³-hybridized carbons (Fsp3) is 0.350. The number of non-ortho nitro benzene ring substituents is 1. The molecule has 3 rings (SSSR count). The molecule has 2 unspecified atom stereocenters. The first-order valence-electron chi connectivity index (χ1n) is 9.44. The topological polar surface area (TPSA) is 119 Å². The quantitative estimate of drug-likeness (QED) is 0.405. The number of nitro benzene ring substituents is 1. The minimum atomic E-state index is -3.63. The zero-order valence-electron chi connectivity index (χ0n) is 16.6. The van der Waals surface area contributed by atoms with Crippen LogP contribution in [-0.2, 0) is 14.8 Å². The molecule has 10 heteroatoms. The summed E-state index contributed by atoms with van der Waals surface area (Å²) in [4.78, 5) is 22.6. The van der Waals surface area contributed by atoms with Crippen LogP contribution in [-0.4, -0.2) is 55.3 Å². The maximum absolute atomic E-state index is 12.9. The number of sulfonamides is 1. The second-order valence-electron chi connectivity index (χ2n) is 7.18. The lowest BCUT2D eigenvalue weighted by molar-refractivity contribution is -0.384. The van der Waals surface area contributed by atoms with E-state index >= 15 is 0 Å². The molecule has 9 nitrogen and oxygen atoms in total. The fourth-order valence-corrected chi connectivity index (χ4v) is 4.86. The van der Waals surface area contributed by atoms with Crippen LogP contribution < -0.4 is 5.32 Å². The predicted octanol–water partition coefficient (Wildman–Crippen LogP) is 2.69. The highest BCUT2D eigenvalue weighted by molar-refractivity contribution is 7.89. The second kappa shape index (κ2) is 8.90. The molecule has 0 amide bonds. The van der Waals surface area contributed by atoms with Gasteiger partial charge in [0.25, 0.3) is 5.69 Å². The molecule has 0 spiro atoms. The lowest BCUT2D eigenvalue weighted by Crippen LogP contribution is -2.48. The van der Waals surface area contributed by atoms with Gasteiger partial charge in [-0.25, -0.2) is 8.42 Å². The molecule has 0 aliphatic carbocycles. The minimum Gasteiger partial charge on any atom is -0.378 e. The number of nitrogens with zero attached hydrogens (tertiary/aromatic N) is 2. The molecule has 0 bridgehead atoms. The molecule has 160 valence electrons. The number of ketones is 1. The number of carbonyl (C=O) groups excluding carboxylic acids is 1. The van der Waals surface area contributed by atoms with Gasteiger partial charge >= 0.3 is 0 Å². The normalized spacial score (nSPS) is 19.9. The molecular formula is C20H23N3O6S. The summed E-state index contributed by atoms with van der Waals surface area (Å²) in [6.07, 6.45) is -0.343. The molecule has 2 aromatic rings. The molecule has 2 atom stereocenters. The third-order valence-corrected chi connectivity index (χ3v) is 6.58. The van der Waals surface area contributed by atoms with E-state index in [1.165, 1.54) is 40.7 Å². The van der Waals surface area contributed by atoms with Crippen LogP contribution in [0.3, 0.4) is 0 Å². The van der Waals surface area contributed by atoms with Gasteiger partial charge in [-0.15, -0.1) is 0 Å². The first kappa shape index (κ1) is 21.9. The molecule has 2 aromatic carbocycles. The molecule has 0 radical (unpaired) electrons. The van der Waals surface area contributed by atoms with Gasteiger partial charge < -0.3 is 10.1 Å². The number of ether oxygens (including phenoxy) is 1. The molecule has 0 saturated carbocycles. The summed E-state index contributed by atoms with van der Waals surface area (Å²) in [5.41, 5.74) is 0.858. The molecular weight excluding hydrogens is 410 g/mol. The van der Waals surface area contributed by atoms with Gasteiger partial charge in [0.15, 0.2) is 5.78 Å². The standard InChI is InChI=1S/C20H23N3O6S/c1-14-12-22(13-15(2)29-14)30(27,28)19-9-5-17(6-10-19)21-11-20(24)16-3-7-18(8-4-16)23(25)26/h3-10,14-15,21H,11-13H2,1-2H3. The highest BCUT2D eigenvalue weighted by Crippen LogP contribution is 2.22. The number of anilines is 1. The van der Waals surface area contributed by atoms with Crippen molar-refractivity contribution in [3.63, 3.8) is 0 Å². The lowest BCUT2D eigenvalue weighted by atomic mass is 10.1. The van der Waals surface area contributed by atoms with E-state index in [1.54, 1.807) is 12.1 Å². The smallest absolute Gasteiger partial charge is 0.269 e. The van der Waals surface area contributed by atoms with Gasteiger partial charge in [-0.3, -0.25) is 14.9 Å². The van der Waals surface area contributed by atoms with E-state index in [1.807, 2.05) is 13.8 Å². The number of nitro groups is 1. The van der Waals surface area contributed by atoms with E-state index in [0.29, 0.717) is 24.3 Å². The highest BCUT2D eigenvalue weighted by Gasteiger charge is 2.32. The largest absolute Gasteiger partial charge is 0.378 e. The van der Waals surface area contributed by atoms with Gasteiger partial charge in [-0.1, -0.05) is 0 Å². The Hall–Kier alpha value is -2.82. The third-order valence-electron chi connectivity index (χ3n) is 4.73. The van der Waals surface area contributed by atoms with Crippen LogP contribution in [0, 0.1) is 10.1 Å². The molecule has 1 N–H and O–H groups in total. The SMILES string of the molecule is CC1CN(S(=O)(=O)c2ccc(NCC(=O)c3ccc([N+](=O)[O-])cc3)cc2)CC(C)O1. The predicted molar refractivity (Wildman–Crippen MR) is 111 cm³/mol. The minimum absolute atomic E-state index is 0.0254. The molecule has 1 aliphatic rings. The summed E-state index contributed by atoms with van der Waals surface area (Å²) in [6.45, 7) is 4.26. The Morgan fingerprint density at radius 2 is 1.67 bits per heavy atom. The third kappa shape index (κ3) is 5.02. The second-order valence-corrected chi connectivity index (χ2v) is 9.12. The van der Waals surface area contributed by atoms with Crippen molar-refractivity contribution in [2.75, 3.05) is 25.0 Å². The van der Waals surface area contributed by atoms with E-state index in [2.05, 4.69) is 5.32 Å². The van der Waals surface area contributed by atoms with Crippen molar-refractivity contribution in [1.82, 2.24) is 4.31 Å². The Morgan fingerprint density at radius 3 is 2.20 bits per heavy atom. The summed E-state index contributed by atoms with van der Waals surface area (Å²) in [5, 5.41) is 13.6. The van der Waals surface area contributed by atoms with E-state index in [4.69, 9.17) is 4.74 Å². The number of Topliss-reactive ketones (excluding diaryl/α,β-unsaturated/α-hetero) is 1. The lowest BCUT2D eigenvalue weighted by Gasteiger charge is -2.34. The van der Waals surface area contributed by atoms with Crippen LogP contribution in [0.1, 0.15) is 24.2 Å². The molecule has 1 saturated heterocycles. The van der Waals surface area contributed by atoms with Crippen molar-refractivity contribution >= 4 is 27.2 Å². The summed E-state index contributed by atoms with van der Waals surface area (Å²) >= 11 is 0. The maximum atomic E-state index is 12.9. The Bertz CT molecular complexity index is 1010. The van der Waals surface area contributed by atoms with Crippen molar-refractivity contribution in [1.29, 1.82) is 0 Å². The number of hydrogen-bond acceptors (Lipinski definition) is 7. The average molecular weight is 433 g/mol. The van der Waals surface area contributed by atoms with E-state index < -0.39 is 14.9 Å². The van der Waals surface area contributed by atoms with Crippen LogP contribution in [0.5, 0.6) is 0 Å². The Balaban J connectivity index is 1.62. The van der Waals surface area contributed by atoms with Crippen LogP contribution >= 0.6 is 0 Å². The number of nitrogens with one attached hydrogen (secondary N) is 1. The summed E-state index contributed by atoms with van der Waals surface area (Å²) in [5.74, 6) is -0.238. The zero-order valence-corrected chi connectivity index (χ0v) is 17.5. The van der Waals surface area contributed by atoms with Crippen molar-refractivity contribution in [3.05, 3.63) is 64.2 Å². The number of benzene rings is 2. The van der Waals surface area contributed by atoms with Crippen molar-refractivity contribution in [3.8, 4) is 0 Å². The molecule has 1 aliphatic heterocycles. The molecule has 1 heterocycles. The van der Waals surface area contributed by atoms with Crippen LogP contribution in [0.2, 0.25) is 0 Å². The Kier molecular flexibility index (Phi) is 6.49. The van der Waals surface area contributed by atoms with Gasteiger partial charge in [-0.05, 0) is 50.2 Å². The molecule has 0 aromatic heterocycles.